The lowest BCUT2D eigenvalue weighted by Crippen LogP contribution is -2.16. The molecule has 0 saturated carbocycles. The van der Waals surface area contributed by atoms with Crippen molar-refractivity contribution in [1.29, 1.82) is 0 Å². The van der Waals surface area contributed by atoms with Crippen LogP contribution in [0.5, 0.6) is 0 Å². The number of pyridine rings is 1. The summed E-state index contributed by atoms with van der Waals surface area (Å²) in [6.45, 7) is 0.556. The number of para-hydroxylation sites is 3. The summed E-state index contributed by atoms with van der Waals surface area (Å²) in [7, 11) is 0. The topological polar surface area (TPSA) is 74.3 Å². The molecule has 0 aliphatic rings. The summed E-state index contributed by atoms with van der Waals surface area (Å²) in [5.74, 6) is -0.894. The average Bonchev–Trinajstić information content (AvgIpc) is 2.99. The van der Waals surface area contributed by atoms with E-state index in [1.807, 2.05) is 30.3 Å². The number of rotatable bonds is 5. The molecule has 27 heavy (non-hydrogen) atoms. The normalized spacial score (nSPS) is 11.1. The SMILES string of the molecule is O=C(OCCCn1c(=O)oc2ccccc21)c1cc(Cl)nc2ccccc12. The molecule has 0 N–H and O–H groups in total. The van der Waals surface area contributed by atoms with E-state index in [0.29, 0.717) is 35.0 Å². The van der Waals surface area contributed by atoms with E-state index in [4.69, 9.17) is 20.8 Å². The number of oxazole rings is 1. The number of esters is 1. The summed E-state index contributed by atoms with van der Waals surface area (Å²) in [6, 6.07) is 15.9. The van der Waals surface area contributed by atoms with E-state index in [0.717, 1.165) is 5.52 Å². The molecule has 0 radical (unpaired) electrons. The third-order valence-electron chi connectivity index (χ3n) is 4.24. The van der Waals surface area contributed by atoms with Crippen molar-refractivity contribution in [1.82, 2.24) is 9.55 Å². The van der Waals surface area contributed by atoms with Gasteiger partial charge in [-0.15, -0.1) is 0 Å². The monoisotopic (exact) mass is 382 g/mol. The number of carbonyl (C=O) groups excluding carboxylic acids is 1. The van der Waals surface area contributed by atoms with Gasteiger partial charge in [0.2, 0.25) is 0 Å². The van der Waals surface area contributed by atoms with Gasteiger partial charge in [-0.25, -0.2) is 14.6 Å². The molecule has 7 heteroatoms. The second-order valence-corrected chi connectivity index (χ2v) is 6.37. The third-order valence-corrected chi connectivity index (χ3v) is 4.43. The average molecular weight is 383 g/mol. The smallest absolute Gasteiger partial charge is 0.419 e. The van der Waals surface area contributed by atoms with Gasteiger partial charge in [-0.3, -0.25) is 4.57 Å². The van der Waals surface area contributed by atoms with Gasteiger partial charge in [0.15, 0.2) is 5.58 Å². The molecule has 4 rings (SSSR count). The Labute approximate surface area is 158 Å². The molecule has 2 heterocycles. The van der Waals surface area contributed by atoms with E-state index in [1.165, 1.54) is 10.6 Å². The van der Waals surface area contributed by atoms with Crippen LogP contribution in [-0.4, -0.2) is 22.1 Å². The highest BCUT2D eigenvalue weighted by atomic mass is 35.5. The molecule has 0 fully saturated rings. The van der Waals surface area contributed by atoms with Crippen LogP contribution < -0.4 is 5.76 Å². The molecule has 2 aromatic heterocycles. The van der Waals surface area contributed by atoms with Gasteiger partial charge in [-0.05, 0) is 30.7 Å². The lowest BCUT2D eigenvalue weighted by molar-refractivity contribution is 0.0498. The molecule has 0 atom stereocenters. The molecule has 6 nitrogen and oxygen atoms in total. The Balaban J connectivity index is 1.45. The van der Waals surface area contributed by atoms with Crippen molar-refractivity contribution in [2.75, 3.05) is 6.61 Å². The number of benzene rings is 2. The van der Waals surface area contributed by atoms with Crippen molar-refractivity contribution in [3.8, 4) is 0 Å². The minimum Gasteiger partial charge on any atom is -0.462 e. The predicted molar refractivity (Wildman–Crippen MR) is 102 cm³/mol. The van der Waals surface area contributed by atoms with Gasteiger partial charge in [0.25, 0.3) is 0 Å². The lowest BCUT2D eigenvalue weighted by Gasteiger charge is -2.08. The fourth-order valence-electron chi connectivity index (χ4n) is 3.00. The largest absolute Gasteiger partial charge is 0.462 e. The second-order valence-electron chi connectivity index (χ2n) is 5.99. The Kier molecular flexibility index (Phi) is 4.64. The first-order chi connectivity index (χ1) is 13.1. The van der Waals surface area contributed by atoms with Crippen LogP contribution in [0.3, 0.4) is 0 Å². The second kappa shape index (κ2) is 7.25. The molecule has 0 saturated heterocycles. The number of nitrogens with zero attached hydrogens (tertiary/aromatic N) is 2. The van der Waals surface area contributed by atoms with Crippen LogP contribution in [0.2, 0.25) is 5.15 Å². The molecule has 0 spiro atoms. The summed E-state index contributed by atoms with van der Waals surface area (Å²) in [4.78, 5) is 28.6. The van der Waals surface area contributed by atoms with Crippen molar-refractivity contribution in [3.63, 3.8) is 0 Å². The maximum absolute atomic E-state index is 12.5. The Bertz CT molecular complexity index is 1200. The predicted octanol–water partition coefficient (Wildman–Crippen LogP) is 4.04. The fraction of sp³-hybridized carbons (Fsp3) is 0.150. The summed E-state index contributed by atoms with van der Waals surface area (Å²) in [5, 5.41) is 0.918. The zero-order chi connectivity index (χ0) is 18.8. The Morgan fingerprint density at radius 2 is 1.93 bits per heavy atom. The number of aromatic nitrogens is 2. The quantitative estimate of drug-likeness (QED) is 0.296. The molecule has 0 amide bonds. The summed E-state index contributed by atoms with van der Waals surface area (Å²) in [5.41, 5.74) is 2.27. The van der Waals surface area contributed by atoms with E-state index in [1.54, 1.807) is 18.2 Å². The Morgan fingerprint density at radius 3 is 2.81 bits per heavy atom. The van der Waals surface area contributed by atoms with Gasteiger partial charge in [0.1, 0.15) is 5.15 Å². The number of hydrogen-bond donors (Lipinski definition) is 0. The first-order valence-corrected chi connectivity index (χ1v) is 8.82. The molecule has 2 aromatic carbocycles. The van der Waals surface area contributed by atoms with Gasteiger partial charge in [0.05, 0.1) is 23.2 Å². The molecular weight excluding hydrogens is 368 g/mol. The van der Waals surface area contributed by atoms with Gasteiger partial charge >= 0.3 is 11.7 Å². The molecule has 4 aromatic rings. The summed E-state index contributed by atoms with van der Waals surface area (Å²) in [6.07, 6.45) is 0.478. The van der Waals surface area contributed by atoms with Crippen molar-refractivity contribution in [2.45, 2.75) is 13.0 Å². The van der Waals surface area contributed by atoms with Crippen LogP contribution in [0.1, 0.15) is 16.8 Å². The van der Waals surface area contributed by atoms with E-state index >= 15 is 0 Å². The minimum absolute atomic E-state index is 0.166. The lowest BCUT2D eigenvalue weighted by atomic mass is 10.1. The molecular formula is C20H15ClN2O4. The zero-order valence-corrected chi connectivity index (χ0v) is 15.0. The number of ether oxygens (including phenoxy) is 1. The van der Waals surface area contributed by atoms with Crippen molar-refractivity contribution < 1.29 is 13.9 Å². The molecule has 0 aliphatic carbocycles. The molecule has 0 aliphatic heterocycles. The highest BCUT2D eigenvalue weighted by Crippen LogP contribution is 2.21. The van der Waals surface area contributed by atoms with Gasteiger partial charge in [0, 0.05) is 11.9 Å². The van der Waals surface area contributed by atoms with Gasteiger partial charge < -0.3 is 9.15 Å². The van der Waals surface area contributed by atoms with Crippen molar-refractivity contribution in [2.24, 2.45) is 0 Å². The Hall–Kier alpha value is -3.12. The highest BCUT2D eigenvalue weighted by Gasteiger charge is 2.14. The summed E-state index contributed by atoms with van der Waals surface area (Å²) < 4.78 is 12.1. The van der Waals surface area contributed by atoms with Crippen molar-refractivity contribution >= 4 is 39.6 Å². The van der Waals surface area contributed by atoms with Crippen LogP contribution in [0.25, 0.3) is 22.0 Å². The van der Waals surface area contributed by atoms with Gasteiger partial charge in [-0.2, -0.15) is 0 Å². The number of carbonyl (C=O) groups is 1. The molecule has 0 unspecified atom stereocenters. The number of fused-ring (bicyclic) bond motifs is 2. The standard InChI is InChI=1S/C20H15ClN2O4/c21-18-12-14(13-6-1-2-7-15(13)22-18)19(24)26-11-5-10-23-16-8-3-4-9-17(16)27-20(23)25/h1-4,6-9,12H,5,10-11H2. The number of aryl methyl sites for hydroxylation is 1. The number of halogens is 1. The first kappa shape index (κ1) is 17.3. The number of hydrogen-bond acceptors (Lipinski definition) is 5. The fourth-order valence-corrected chi connectivity index (χ4v) is 3.20. The maximum atomic E-state index is 12.5. The van der Waals surface area contributed by atoms with Crippen LogP contribution in [0.15, 0.2) is 63.8 Å². The van der Waals surface area contributed by atoms with E-state index in [9.17, 15) is 9.59 Å². The van der Waals surface area contributed by atoms with Crippen molar-refractivity contribution in [3.05, 3.63) is 75.9 Å². The maximum Gasteiger partial charge on any atom is 0.419 e. The third kappa shape index (κ3) is 3.44. The minimum atomic E-state index is -0.472. The van der Waals surface area contributed by atoms with E-state index in [-0.39, 0.29) is 11.8 Å². The molecule has 136 valence electrons. The van der Waals surface area contributed by atoms with Gasteiger partial charge in [-0.1, -0.05) is 41.9 Å². The highest BCUT2D eigenvalue weighted by molar-refractivity contribution is 6.30. The van der Waals surface area contributed by atoms with Crippen LogP contribution in [0, 0.1) is 0 Å². The first-order valence-electron chi connectivity index (χ1n) is 8.44. The van der Waals surface area contributed by atoms with Crippen LogP contribution >= 0.6 is 11.6 Å². The van der Waals surface area contributed by atoms with E-state index in [2.05, 4.69) is 4.98 Å². The van der Waals surface area contributed by atoms with E-state index < -0.39 is 11.7 Å². The zero-order valence-electron chi connectivity index (χ0n) is 14.2. The Morgan fingerprint density at radius 1 is 1.15 bits per heavy atom. The van der Waals surface area contributed by atoms with Crippen LogP contribution in [0.4, 0.5) is 0 Å². The summed E-state index contributed by atoms with van der Waals surface area (Å²) >= 11 is 6.00. The molecule has 0 bridgehead atoms. The van der Waals surface area contributed by atoms with Crippen LogP contribution in [-0.2, 0) is 11.3 Å².